The molecule has 2 nitrogen and oxygen atoms in total. The van der Waals surface area contributed by atoms with Crippen LogP contribution in [0.2, 0.25) is 10.0 Å². The van der Waals surface area contributed by atoms with Gasteiger partial charge in [-0.25, -0.2) is 0 Å². The Bertz CT molecular complexity index is 324. The summed E-state index contributed by atoms with van der Waals surface area (Å²) in [5, 5.41) is 1.03. The molecule has 0 heterocycles. The van der Waals surface area contributed by atoms with Gasteiger partial charge in [0.15, 0.2) is 0 Å². The van der Waals surface area contributed by atoms with Gasteiger partial charge >= 0.3 is 0 Å². The largest absolute Gasteiger partial charge is 0.495 e. The van der Waals surface area contributed by atoms with Gasteiger partial charge in [0.1, 0.15) is 11.5 Å². The molecule has 1 aromatic rings. The Kier molecular flexibility index (Phi) is 3.28. The number of halogens is 2. The second-order valence-corrected chi connectivity index (χ2v) is 3.32. The lowest BCUT2D eigenvalue weighted by molar-refractivity contribution is 0.401. The zero-order chi connectivity index (χ0) is 10.0. The van der Waals surface area contributed by atoms with E-state index in [-0.39, 0.29) is 0 Å². The minimum Gasteiger partial charge on any atom is -0.495 e. The number of ether oxygens (including phenoxy) is 2. The Balaban J connectivity index is 3.37. The third kappa shape index (κ3) is 1.84. The summed E-state index contributed by atoms with van der Waals surface area (Å²) in [5.41, 5.74) is 0.786. The third-order valence-corrected chi connectivity index (χ3v) is 2.54. The maximum atomic E-state index is 5.99. The van der Waals surface area contributed by atoms with Gasteiger partial charge in [-0.2, -0.15) is 0 Å². The summed E-state index contributed by atoms with van der Waals surface area (Å²) in [7, 11) is 3.10. The average molecular weight is 221 g/mol. The molecule has 0 aliphatic rings. The lowest BCUT2D eigenvalue weighted by atomic mass is 10.2. The second-order valence-electron chi connectivity index (χ2n) is 2.53. The van der Waals surface area contributed by atoms with E-state index < -0.39 is 0 Å². The van der Waals surface area contributed by atoms with Crippen molar-refractivity contribution < 1.29 is 9.47 Å². The molecule has 13 heavy (non-hydrogen) atoms. The summed E-state index contributed by atoms with van der Waals surface area (Å²) in [6, 6.07) is 1.63. The monoisotopic (exact) mass is 220 g/mol. The lowest BCUT2D eigenvalue weighted by Crippen LogP contribution is -1.92. The van der Waals surface area contributed by atoms with E-state index in [1.807, 2.05) is 6.92 Å². The molecule has 0 aromatic heterocycles. The highest BCUT2D eigenvalue weighted by atomic mass is 35.5. The summed E-state index contributed by atoms with van der Waals surface area (Å²) >= 11 is 11.9. The SMILES string of the molecule is COc1cc(Cl)c(OC)c(C)c1Cl. The first-order chi connectivity index (χ1) is 6.11. The fourth-order valence-corrected chi connectivity index (χ4v) is 1.64. The van der Waals surface area contributed by atoms with E-state index in [4.69, 9.17) is 32.7 Å². The van der Waals surface area contributed by atoms with Gasteiger partial charge in [-0.15, -0.1) is 0 Å². The highest BCUT2D eigenvalue weighted by Crippen LogP contribution is 2.39. The van der Waals surface area contributed by atoms with Crippen LogP contribution in [0, 0.1) is 6.92 Å². The maximum Gasteiger partial charge on any atom is 0.142 e. The molecule has 72 valence electrons. The molecule has 0 saturated heterocycles. The average Bonchev–Trinajstić information content (AvgIpc) is 2.12. The fraction of sp³-hybridized carbons (Fsp3) is 0.333. The molecule has 4 heteroatoms. The van der Waals surface area contributed by atoms with Gasteiger partial charge in [-0.05, 0) is 6.92 Å². The standard InChI is InChI=1S/C9H10Cl2O2/c1-5-8(11)7(12-2)4-6(10)9(5)13-3/h4H,1-3H3. The van der Waals surface area contributed by atoms with Crippen LogP contribution in [0.1, 0.15) is 5.56 Å². The van der Waals surface area contributed by atoms with E-state index in [1.54, 1.807) is 20.3 Å². The summed E-state index contributed by atoms with van der Waals surface area (Å²) in [6.45, 7) is 1.83. The van der Waals surface area contributed by atoms with Crippen molar-refractivity contribution in [2.24, 2.45) is 0 Å². The van der Waals surface area contributed by atoms with Crippen molar-refractivity contribution in [2.75, 3.05) is 14.2 Å². The molecule has 0 fully saturated rings. The molecular weight excluding hydrogens is 211 g/mol. The highest BCUT2D eigenvalue weighted by Gasteiger charge is 2.13. The number of rotatable bonds is 2. The topological polar surface area (TPSA) is 18.5 Å². The van der Waals surface area contributed by atoms with Crippen LogP contribution in [0.5, 0.6) is 11.5 Å². The first kappa shape index (κ1) is 10.5. The van der Waals surface area contributed by atoms with Crippen molar-refractivity contribution in [3.63, 3.8) is 0 Å². The Labute approximate surface area is 87.4 Å². The van der Waals surface area contributed by atoms with Crippen molar-refractivity contribution in [3.05, 3.63) is 21.7 Å². The normalized spacial score (nSPS) is 9.92. The van der Waals surface area contributed by atoms with Crippen LogP contribution in [0.3, 0.4) is 0 Å². The van der Waals surface area contributed by atoms with E-state index in [1.165, 1.54) is 0 Å². The molecule has 1 aromatic carbocycles. The van der Waals surface area contributed by atoms with Crippen molar-refractivity contribution in [1.82, 2.24) is 0 Å². The molecule has 0 atom stereocenters. The minimum atomic E-state index is 0.501. The number of hydrogen-bond acceptors (Lipinski definition) is 2. The van der Waals surface area contributed by atoms with Gasteiger partial charge < -0.3 is 9.47 Å². The Hall–Kier alpha value is -0.600. The van der Waals surface area contributed by atoms with Gasteiger partial charge in [0, 0.05) is 11.6 Å². The smallest absolute Gasteiger partial charge is 0.142 e. The molecular formula is C9H10Cl2O2. The first-order valence-electron chi connectivity index (χ1n) is 3.68. The van der Waals surface area contributed by atoms with Crippen molar-refractivity contribution in [3.8, 4) is 11.5 Å². The van der Waals surface area contributed by atoms with Gasteiger partial charge in [0.25, 0.3) is 0 Å². The van der Waals surface area contributed by atoms with Crippen molar-refractivity contribution in [1.29, 1.82) is 0 Å². The van der Waals surface area contributed by atoms with E-state index in [0.29, 0.717) is 21.5 Å². The second kappa shape index (κ2) is 4.07. The maximum absolute atomic E-state index is 5.99. The van der Waals surface area contributed by atoms with Crippen LogP contribution in [-0.2, 0) is 0 Å². The van der Waals surface area contributed by atoms with Crippen molar-refractivity contribution >= 4 is 23.2 Å². The minimum absolute atomic E-state index is 0.501. The van der Waals surface area contributed by atoms with Gasteiger partial charge in [-0.1, -0.05) is 23.2 Å². The van der Waals surface area contributed by atoms with E-state index >= 15 is 0 Å². The van der Waals surface area contributed by atoms with Crippen LogP contribution >= 0.6 is 23.2 Å². The van der Waals surface area contributed by atoms with E-state index in [0.717, 1.165) is 5.56 Å². The van der Waals surface area contributed by atoms with Gasteiger partial charge in [-0.3, -0.25) is 0 Å². The zero-order valence-electron chi connectivity index (χ0n) is 7.65. The van der Waals surface area contributed by atoms with Gasteiger partial charge in [0.2, 0.25) is 0 Å². The van der Waals surface area contributed by atoms with Crippen LogP contribution < -0.4 is 9.47 Å². The Morgan fingerprint density at radius 2 is 1.77 bits per heavy atom. The molecule has 0 bridgehead atoms. The summed E-state index contributed by atoms with van der Waals surface area (Å²) < 4.78 is 10.1. The van der Waals surface area contributed by atoms with Gasteiger partial charge in [0.05, 0.1) is 24.3 Å². The highest BCUT2D eigenvalue weighted by molar-refractivity contribution is 6.36. The molecule has 0 aliphatic heterocycles. The van der Waals surface area contributed by atoms with E-state index in [2.05, 4.69) is 0 Å². The fourth-order valence-electron chi connectivity index (χ4n) is 1.11. The summed E-state index contributed by atoms with van der Waals surface area (Å²) in [5.74, 6) is 1.15. The van der Waals surface area contributed by atoms with Crippen molar-refractivity contribution in [2.45, 2.75) is 6.92 Å². The summed E-state index contributed by atoms with van der Waals surface area (Å²) in [4.78, 5) is 0. The molecule has 0 N–H and O–H groups in total. The summed E-state index contributed by atoms with van der Waals surface area (Å²) in [6.07, 6.45) is 0. The number of hydrogen-bond donors (Lipinski definition) is 0. The number of benzene rings is 1. The molecule has 0 radical (unpaired) electrons. The van der Waals surface area contributed by atoms with Crippen LogP contribution in [-0.4, -0.2) is 14.2 Å². The van der Waals surface area contributed by atoms with E-state index in [9.17, 15) is 0 Å². The van der Waals surface area contributed by atoms with Crippen LogP contribution in [0.15, 0.2) is 6.07 Å². The predicted molar refractivity (Wildman–Crippen MR) is 54.3 cm³/mol. The molecule has 0 aliphatic carbocycles. The van der Waals surface area contributed by atoms with Crippen LogP contribution in [0.4, 0.5) is 0 Å². The first-order valence-corrected chi connectivity index (χ1v) is 4.44. The molecule has 1 rings (SSSR count). The van der Waals surface area contributed by atoms with Crippen LogP contribution in [0.25, 0.3) is 0 Å². The quantitative estimate of drug-likeness (QED) is 0.762. The molecule has 0 spiro atoms. The molecule has 0 saturated carbocycles. The lowest BCUT2D eigenvalue weighted by Gasteiger charge is -2.11. The Morgan fingerprint density at radius 3 is 2.23 bits per heavy atom. The zero-order valence-corrected chi connectivity index (χ0v) is 9.16. The number of methoxy groups -OCH3 is 2. The molecule has 0 unspecified atom stereocenters. The molecule has 0 amide bonds. The third-order valence-electron chi connectivity index (χ3n) is 1.78. The Morgan fingerprint density at radius 1 is 1.15 bits per heavy atom. The predicted octanol–water partition coefficient (Wildman–Crippen LogP) is 3.32.